The summed E-state index contributed by atoms with van der Waals surface area (Å²) >= 11 is 0. The van der Waals surface area contributed by atoms with Crippen LogP contribution < -0.4 is 0 Å². The van der Waals surface area contributed by atoms with Gasteiger partial charge in [-0.1, -0.05) is 104 Å². The van der Waals surface area contributed by atoms with Crippen LogP contribution in [0.1, 0.15) is 110 Å². The van der Waals surface area contributed by atoms with Gasteiger partial charge in [0.15, 0.2) is 0 Å². The standard InChI is InChI=1S/C19H41O4P/c1-19(2)17-15-13-11-9-7-5-3-4-6-8-10-12-14-16-18-23-24(20,21)22/h19H,3-18H2,1-2H3,(H2,20,21,22). The van der Waals surface area contributed by atoms with Gasteiger partial charge in [-0.2, -0.15) is 0 Å². The van der Waals surface area contributed by atoms with Gasteiger partial charge in [-0.05, 0) is 12.3 Å². The molecule has 0 radical (unpaired) electrons. The van der Waals surface area contributed by atoms with Crippen LogP contribution in [0.2, 0.25) is 0 Å². The Labute approximate surface area is 150 Å². The van der Waals surface area contributed by atoms with Crippen molar-refractivity contribution in [2.45, 2.75) is 110 Å². The molecule has 0 spiro atoms. The van der Waals surface area contributed by atoms with Gasteiger partial charge >= 0.3 is 7.82 Å². The lowest BCUT2D eigenvalue weighted by Gasteiger charge is -2.05. The summed E-state index contributed by atoms with van der Waals surface area (Å²) in [4.78, 5) is 17.1. The molecular formula is C19H41O4P. The van der Waals surface area contributed by atoms with Crippen LogP contribution in [0, 0.1) is 5.92 Å². The molecule has 4 nitrogen and oxygen atoms in total. The second-order valence-corrected chi connectivity index (χ2v) is 8.70. The van der Waals surface area contributed by atoms with Gasteiger partial charge in [0.25, 0.3) is 0 Å². The van der Waals surface area contributed by atoms with Crippen LogP contribution in [0.3, 0.4) is 0 Å². The largest absolute Gasteiger partial charge is 0.469 e. The van der Waals surface area contributed by atoms with Crippen molar-refractivity contribution in [3.8, 4) is 0 Å². The van der Waals surface area contributed by atoms with E-state index < -0.39 is 7.82 Å². The summed E-state index contributed by atoms with van der Waals surface area (Å²) in [6, 6.07) is 0. The molecule has 0 heterocycles. The van der Waals surface area contributed by atoms with Gasteiger partial charge in [-0.25, -0.2) is 4.57 Å². The van der Waals surface area contributed by atoms with Crippen LogP contribution in [0.4, 0.5) is 0 Å². The molecular weight excluding hydrogens is 323 g/mol. The van der Waals surface area contributed by atoms with E-state index in [4.69, 9.17) is 9.79 Å². The third-order valence-corrected chi connectivity index (χ3v) is 4.95. The Morgan fingerprint density at radius 2 is 1.00 bits per heavy atom. The molecule has 0 aliphatic rings. The zero-order chi connectivity index (χ0) is 18.1. The smallest absolute Gasteiger partial charge is 0.303 e. The normalized spacial score (nSPS) is 12.2. The van der Waals surface area contributed by atoms with Crippen LogP contribution in [0.15, 0.2) is 0 Å². The Hall–Kier alpha value is 0.110. The van der Waals surface area contributed by atoms with Crippen molar-refractivity contribution in [2.75, 3.05) is 6.61 Å². The first-order chi connectivity index (χ1) is 11.4. The van der Waals surface area contributed by atoms with Gasteiger partial charge in [0.05, 0.1) is 6.61 Å². The molecule has 0 rings (SSSR count). The summed E-state index contributed by atoms with van der Waals surface area (Å²) in [5.74, 6) is 0.859. The highest BCUT2D eigenvalue weighted by Gasteiger charge is 2.12. The van der Waals surface area contributed by atoms with Crippen molar-refractivity contribution in [1.29, 1.82) is 0 Å². The fraction of sp³-hybridized carbons (Fsp3) is 1.00. The second kappa shape index (κ2) is 16.6. The Morgan fingerprint density at radius 3 is 1.33 bits per heavy atom. The van der Waals surface area contributed by atoms with Gasteiger partial charge in [0.2, 0.25) is 0 Å². The first-order valence-corrected chi connectivity index (χ1v) is 11.6. The molecule has 0 aromatic carbocycles. The summed E-state index contributed by atoms with van der Waals surface area (Å²) in [6.07, 6.45) is 19.3. The summed E-state index contributed by atoms with van der Waals surface area (Å²) in [7, 11) is -4.26. The second-order valence-electron chi connectivity index (χ2n) is 7.46. The van der Waals surface area contributed by atoms with E-state index >= 15 is 0 Å². The summed E-state index contributed by atoms with van der Waals surface area (Å²) < 4.78 is 14.9. The summed E-state index contributed by atoms with van der Waals surface area (Å²) in [5, 5.41) is 0. The number of phosphoric acid groups is 1. The van der Waals surface area contributed by atoms with E-state index in [9.17, 15) is 4.57 Å². The van der Waals surface area contributed by atoms with E-state index in [1.165, 1.54) is 77.0 Å². The Morgan fingerprint density at radius 1 is 0.667 bits per heavy atom. The number of hydrogen-bond acceptors (Lipinski definition) is 2. The number of rotatable bonds is 18. The highest BCUT2D eigenvalue weighted by Crippen LogP contribution is 2.35. The van der Waals surface area contributed by atoms with Gasteiger partial charge in [0.1, 0.15) is 0 Å². The first-order valence-electron chi connectivity index (χ1n) is 10.1. The lowest BCUT2D eigenvalue weighted by Crippen LogP contribution is -1.92. The van der Waals surface area contributed by atoms with Crippen LogP contribution in [-0.4, -0.2) is 16.4 Å². The highest BCUT2D eigenvalue weighted by atomic mass is 31.2. The van der Waals surface area contributed by atoms with Crippen molar-refractivity contribution in [2.24, 2.45) is 5.92 Å². The van der Waals surface area contributed by atoms with Crippen molar-refractivity contribution < 1.29 is 18.9 Å². The third-order valence-electron chi connectivity index (χ3n) is 4.44. The minimum atomic E-state index is -4.26. The lowest BCUT2D eigenvalue weighted by molar-refractivity contribution is 0.193. The number of unbranched alkanes of at least 4 members (excludes halogenated alkanes) is 13. The summed E-state index contributed by atoms with van der Waals surface area (Å²) in [5.41, 5.74) is 0. The molecule has 0 fully saturated rings. The highest BCUT2D eigenvalue weighted by molar-refractivity contribution is 7.46. The molecule has 0 aliphatic carbocycles. The van der Waals surface area contributed by atoms with Gasteiger partial charge in [-0.3, -0.25) is 4.52 Å². The molecule has 2 N–H and O–H groups in total. The maximum absolute atomic E-state index is 10.5. The van der Waals surface area contributed by atoms with Crippen LogP contribution in [0.25, 0.3) is 0 Å². The third kappa shape index (κ3) is 22.1. The fourth-order valence-corrected chi connectivity index (χ4v) is 3.33. The predicted octanol–water partition coefficient (Wildman–Crippen LogP) is 6.60. The van der Waals surface area contributed by atoms with Crippen LogP contribution >= 0.6 is 7.82 Å². The van der Waals surface area contributed by atoms with Crippen LogP contribution in [0.5, 0.6) is 0 Å². The molecule has 0 aliphatic heterocycles. The molecule has 0 aromatic rings. The van der Waals surface area contributed by atoms with Crippen molar-refractivity contribution in [3.05, 3.63) is 0 Å². The SMILES string of the molecule is CC(C)CCCCCCCCCCCCCCCCOP(=O)(O)O. The van der Waals surface area contributed by atoms with E-state index in [1.807, 2.05) is 0 Å². The summed E-state index contributed by atoms with van der Waals surface area (Å²) in [6.45, 7) is 4.78. The fourth-order valence-electron chi connectivity index (χ4n) is 2.96. The van der Waals surface area contributed by atoms with E-state index in [0.29, 0.717) is 0 Å². The molecule has 0 bridgehead atoms. The topological polar surface area (TPSA) is 66.8 Å². The average Bonchev–Trinajstić information content (AvgIpc) is 2.49. The maximum Gasteiger partial charge on any atom is 0.469 e. The van der Waals surface area contributed by atoms with Crippen molar-refractivity contribution in [3.63, 3.8) is 0 Å². The lowest BCUT2D eigenvalue weighted by atomic mass is 10.0. The van der Waals surface area contributed by atoms with Gasteiger partial charge in [-0.15, -0.1) is 0 Å². The minimum absolute atomic E-state index is 0.168. The van der Waals surface area contributed by atoms with Gasteiger partial charge < -0.3 is 9.79 Å². The molecule has 24 heavy (non-hydrogen) atoms. The van der Waals surface area contributed by atoms with Crippen LogP contribution in [-0.2, 0) is 9.09 Å². The minimum Gasteiger partial charge on any atom is -0.303 e. The van der Waals surface area contributed by atoms with E-state index in [-0.39, 0.29) is 6.61 Å². The van der Waals surface area contributed by atoms with Gasteiger partial charge in [0, 0.05) is 0 Å². The zero-order valence-corrected chi connectivity index (χ0v) is 16.9. The Balaban J connectivity index is 3.04. The Bertz CT molecular complexity index is 302. The molecule has 0 amide bonds. The molecule has 5 heteroatoms. The van der Waals surface area contributed by atoms with Crippen molar-refractivity contribution >= 4 is 7.82 Å². The van der Waals surface area contributed by atoms with E-state index in [1.54, 1.807) is 0 Å². The molecule has 0 atom stereocenters. The van der Waals surface area contributed by atoms with E-state index in [0.717, 1.165) is 25.2 Å². The maximum atomic E-state index is 10.5. The average molecular weight is 365 g/mol. The van der Waals surface area contributed by atoms with Crippen molar-refractivity contribution in [1.82, 2.24) is 0 Å². The number of hydrogen-bond donors (Lipinski definition) is 2. The first kappa shape index (κ1) is 24.1. The molecule has 0 unspecified atom stereocenters. The Kier molecular flexibility index (Phi) is 16.6. The molecule has 0 saturated carbocycles. The molecule has 0 saturated heterocycles. The van der Waals surface area contributed by atoms with E-state index in [2.05, 4.69) is 18.4 Å². The monoisotopic (exact) mass is 364 g/mol. The quantitative estimate of drug-likeness (QED) is 0.212. The molecule has 0 aromatic heterocycles. The number of phosphoric ester groups is 1. The zero-order valence-electron chi connectivity index (χ0n) is 16.0. The molecule has 146 valence electrons. The predicted molar refractivity (Wildman–Crippen MR) is 102 cm³/mol.